The number of fused-ring (bicyclic) bond motifs is 5. The van der Waals surface area contributed by atoms with Gasteiger partial charge >= 0.3 is 0 Å². The molecule has 0 radical (unpaired) electrons. The first-order chi connectivity index (χ1) is 14.1. The van der Waals surface area contributed by atoms with Crippen molar-refractivity contribution in [3.63, 3.8) is 0 Å². The summed E-state index contributed by atoms with van der Waals surface area (Å²) in [4.78, 5) is 20.6. The van der Waals surface area contributed by atoms with Gasteiger partial charge in [0.05, 0.1) is 12.1 Å². The first-order valence-corrected chi connectivity index (χ1v) is 10.9. The van der Waals surface area contributed by atoms with Crippen LogP contribution in [0.15, 0.2) is 30.5 Å². The van der Waals surface area contributed by atoms with Gasteiger partial charge in [0.15, 0.2) is 11.6 Å². The van der Waals surface area contributed by atoms with Crippen molar-refractivity contribution in [2.24, 2.45) is 29.4 Å². The molecule has 0 saturated heterocycles. The summed E-state index contributed by atoms with van der Waals surface area (Å²) in [5.41, 5.74) is 7.73. The van der Waals surface area contributed by atoms with Gasteiger partial charge in [0.25, 0.3) is 0 Å². The summed E-state index contributed by atoms with van der Waals surface area (Å²) in [6, 6.07) is 7.78. The van der Waals surface area contributed by atoms with E-state index in [0.29, 0.717) is 11.9 Å². The number of nitrogens with zero attached hydrogens (tertiary/aromatic N) is 2. The number of rotatable bonds is 1. The van der Waals surface area contributed by atoms with Gasteiger partial charge in [0, 0.05) is 24.0 Å². The van der Waals surface area contributed by atoms with E-state index in [4.69, 9.17) is 5.73 Å². The lowest BCUT2D eigenvalue weighted by Gasteiger charge is -2.35. The molecule has 5 unspecified atom stereocenters. The average molecular weight is 415 g/mol. The van der Waals surface area contributed by atoms with Gasteiger partial charge in [-0.25, -0.2) is 9.37 Å². The summed E-state index contributed by atoms with van der Waals surface area (Å²) >= 11 is 1.68. The lowest BCUT2D eigenvalue weighted by Crippen LogP contribution is -2.46. The van der Waals surface area contributed by atoms with Gasteiger partial charge < -0.3 is 16.4 Å². The quantitative estimate of drug-likeness (QED) is 0.532. The van der Waals surface area contributed by atoms with Crippen molar-refractivity contribution >= 4 is 35.3 Å². The van der Waals surface area contributed by atoms with E-state index in [1.54, 1.807) is 11.9 Å². The zero-order chi connectivity index (χ0) is 20.0. The first kappa shape index (κ1) is 18.6. The largest absolute Gasteiger partial charge is 0.369 e. The molecule has 5 rings (SSSR count). The molecule has 1 aliphatic heterocycles. The molecule has 6 bridgehead atoms. The fourth-order valence-corrected chi connectivity index (χ4v) is 5.97. The Balaban J connectivity index is 1.51. The predicted octanol–water partition coefficient (Wildman–Crippen LogP) is 2.65. The number of carbonyl (C=O) groups is 1. The summed E-state index contributed by atoms with van der Waals surface area (Å²) in [5, 5.41) is 6.36. The van der Waals surface area contributed by atoms with Crippen molar-refractivity contribution in [1.82, 2.24) is 14.7 Å². The number of hydrogen-bond donors (Lipinski definition) is 4. The van der Waals surface area contributed by atoms with Gasteiger partial charge in [-0.05, 0) is 48.3 Å². The van der Waals surface area contributed by atoms with Gasteiger partial charge in [0.1, 0.15) is 0 Å². The van der Waals surface area contributed by atoms with Crippen molar-refractivity contribution < 1.29 is 9.18 Å². The number of benzene rings is 1. The number of nitrogens with one attached hydrogen (secondary N) is 3. The molecule has 5 atom stereocenters. The molecule has 7 nitrogen and oxygen atoms in total. The van der Waals surface area contributed by atoms with E-state index in [2.05, 4.69) is 31.4 Å². The minimum atomic E-state index is -0.537. The molecule has 152 valence electrons. The highest BCUT2D eigenvalue weighted by molar-refractivity contribution is 7.96. The number of anilines is 3. The van der Waals surface area contributed by atoms with Crippen LogP contribution in [0.4, 0.5) is 21.8 Å². The second kappa shape index (κ2) is 7.46. The molecule has 29 heavy (non-hydrogen) atoms. The number of primary amides is 1. The first-order valence-electron chi connectivity index (χ1n) is 9.87. The molecule has 2 heterocycles. The maximum atomic E-state index is 14.5. The summed E-state index contributed by atoms with van der Waals surface area (Å²) in [7, 11) is 0. The zero-order valence-electron chi connectivity index (χ0n) is 15.8. The van der Waals surface area contributed by atoms with E-state index < -0.39 is 5.82 Å². The van der Waals surface area contributed by atoms with E-state index in [0.717, 1.165) is 37.0 Å². The third-order valence-corrected chi connectivity index (χ3v) is 7.24. The smallest absolute Gasteiger partial charge is 0.229 e. The Morgan fingerprint density at radius 3 is 3.03 bits per heavy atom. The van der Waals surface area contributed by atoms with Crippen LogP contribution in [0.3, 0.4) is 0 Å². The second-order valence-corrected chi connectivity index (χ2v) is 8.97. The van der Waals surface area contributed by atoms with E-state index in [1.807, 2.05) is 18.2 Å². The summed E-state index contributed by atoms with van der Waals surface area (Å²) in [6.07, 6.45) is 3.06. The lowest BCUT2D eigenvalue weighted by atomic mass is 9.78. The molecule has 2 fully saturated rings. The molecular weight excluding hydrogens is 391 g/mol. The van der Waals surface area contributed by atoms with Crippen LogP contribution < -0.4 is 21.1 Å². The van der Waals surface area contributed by atoms with Crippen LogP contribution in [0.25, 0.3) is 0 Å². The SMILES string of the molecule is NC(=O)C1C2CC3CNSCc4cccc(c4)Nc4ncc(F)c(n4)NC1C3C2. The Bertz CT molecular complexity index is 943. The van der Waals surface area contributed by atoms with Crippen LogP contribution in [0.1, 0.15) is 18.4 Å². The third-order valence-electron chi connectivity index (χ3n) is 6.39. The Labute approximate surface area is 172 Å². The highest BCUT2D eigenvalue weighted by atomic mass is 32.2. The topological polar surface area (TPSA) is 105 Å². The highest BCUT2D eigenvalue weighted by Crippen LogP contribution is 2.52. The molecule has 2 saturated carbocycles. The van der Waals surface area contributed by atoms with Crippen LogP contribution in [0.2, 0.25) is 0 Å². The van der Waals surface area contributed by atoms with Crippen LogP contribution in [-0.4, -0.2) is 28.5 Å². The van der Waals surface area contributed by atoms with Crippen molar-refractivity contribution in [3.8, 4) is 0 Å². The van der Waals surface area contributed by atoms with Crippen LogP contribution in [0.5, 0.6) is 0 Å². The van der Waals surface area contributed by atoms with Gasteiger partial charge in [-0.3, -0.25) is 9.52 Å². The van der Waals surface area contributed by atoms with Crippen molar-refractivity contribution in [2.75, 3.05) is 17.2 Å². The number of nitrogens with two attached hydrogens (primary N) is 1. The summed E-state index contributed by atoms with van der Waals surface area (Å²) in [5.74, 6) is 0.988. The molecular formula is C20H23FN6OS. The van der Waals surface area contributed by atoms with Crippen LogP contribution >= 0.6 is 11.9 Å². The normalized spacial score (nSPS) is 30.6. The maximum absolute atomic E-state index is 14.5. The van der Waals surface area contributed by atoms with E-state index >= 15 is 0 Å². The fraction of sp³-hybridized carbons (Fsp3) is 0.450. The van der Waals surface area contributed by atoms with Crippen molar-refractivity contribution in [1.29, 1.82) is 0 Å². The highest BCUT2D eigenvalue weighted by Gasteiger charge is 2.54. The number of amides is 1. The molecule has 0 spiro atoms. The van der Waals surface area contributed by atoms with Gasteiger partial charge in [0.2, 0.25) is 11.9 Å². The van der Waals surface area contributed by atoms with Crippen molar-refractivity contribution in [3.05, 3.63) is 41.8 Å². The lowest BCUT2D eigenvalue weighted by molar-refractivity contribution is -0.123. The van der Waals surface area contributed by atoms with Crippen molar-refractivity contribution in [2.45, 2.75) is 24.6 Å². The van der Waals surface area contributed by atoms with E-state index in [1.165, 1.54) is 5.56 Å². The zero-order valence-corrected chi connectivity index (χ0v) is 16.6. The molecule has 9 heteroatoms. The fourth-order valence-electron chi connectivity index (χ4n) is 5.19. The monoisotopic (exact) mass is 414 g/mol. The molecule has 1 amide bonds. The van der Waals surface area contributed by atoms with E-state index in [-0.39, 0.29) is 35.5 Å². The van der Waals surface area contributed by atoms with Gasteiger partial charge in [-0.1, -0.05) is 24.1 Å². The number of aromatic nitrogens is 2. The summed E-state index contributed by atoms with van der Waals surface area (Å²) < 4.78 is 18.0. The average Bonchev–Trinajstić information content (AvgIpc) is 3.26. The van der Waals surface area contributed by atoms with Gasteiger partial charge in [-0.2, -0.15) is 4.98 Å². The number of hydrogen-bond acceptors (Lipinski definition) is 7. The van der Waals surface area contributed by atoms with Gasteiger partial charge in [-0.15, -0.1) is 0 Å². The Hall–Kier alpha value is -2.39. The number of halogens is 1. The minimum Gasteiger partial charge on any atom is -0.369 e. The third kappa shape index (κ3) is 3.53. The molecule has 2 aliphatic carbocycles. The standard InChI is InChI=1S/C20H23FN6OS/c21-15-8-23-20-25-13-3-1-2-10(4-13)9-29-24-7-12-5-11-6-14(12)17(16(11)18(22)28)26-19(15)27-20/h1-4,8,11-12,14,16-17,24H,5-7,9H2,(H2,22,28)(H2,23,25,26,27). The molecule has 5 N–H and O–H groups in total. The summed E-state index contributed by atoms with van der Waals surface area (Å²) in [6.45, 7) is 0.852. The van der Waals surface area contributed by atoms with E-state index in [9.17, 15) is 9.18 Å². The maximum Gasteiger partial charge on any atom is 0.229 e. The van der Waals surface area contributed by atoms with Crippen LogP contribution in [-0.2, 0) is 10.5 Å². The molecule has 1 aromatic heterocycles. The Morgan fingerprint density at radius 1 is 1.28 bits per heavy atom. The number of carbonyl (C=O) groups excluding carboxylic acids is 1. The molecule has 1 aromatic carbocycles. The van der Waals surface area contributed by atoms with Crippen LogP contribution in [0, 0.1) is 29.5 Å². The molecule has 2 aromatic rings. The predicted molar refractivity (Wildman–Crippen MR) is 111 cm³/mol. The Kier molecular flexibility index (Phi) is 4.79. The molecule has 3 aliphatic rings. The Morgan fingerprint density at radius 2 is 2.17 bits per heavy atom. The second-order valence-electron chi connectivity index (χ2n) is 8.11. The minimum absolute atomic E-state index is 0.110.